The quantitative estimate of drug-likeness (QED) is 0.687. The van der Waals surface area contributed by atoms with E-state index >= 15 is 0 Å². The SMILES string of the molecule is CCCCC1[C@H](O)CC(=O)C[C@H]1O. The van der Waals surface area contributed by atoms with E-state index in [-0.39, 0.29) is 24.5 Å². The molecule has 2 atom stereocenters. The van der Waals surface area contributed by atoms with E-state index in [1.165, 1.54) is 0 Å². The minimum absolute atomic E-state index is 0.0206. The van der Waals surface area contributed by atoms with Crippen molar-refractivity contribution in [3.63, 3.8) is 0 Å². The summed E-state index contributed by atoms with van der Waals surface area (Å²) in [6.45, 7) is 2.08. The first kappa shape index (κ1) is 10.7. The van der Waals surface area contributed by atoms with Gasteiger partial charge in [0.2, 0.25) is 0 Å². The van der Waals surface area contributed by atoms with E-state index in [4.69, 9.17) is 0 Å². The highest BCUT2D eigenvalue weighted by atomic mass is 16.3. The van der Waals surface area contributed by atoms with Crippen molar-refractivity contribution >= 4 is 5.78 Å². The van der Waals surface area contributed by atoms with E-state index in [1.54, 1.807) is 0 Å². The summed E-state index contributed by atoms with van der Waals surface area (Å²) in [5.41, 5.74) is 0. The van der Waals surface area contributed by atoms with Gasteiger partial charge in [-0.1, -0.05) is 19.8 Å². The van der Waals surface area contributed by atoms with Crippen LogP contribution in [-0.2, 0) is 4.79 Å². The number of hydrogen-bond donors (Lipinski definition) is 2. The van der Waals surface area contributed by atoms with Crippen LogP contribution in [0.1, 0.15) is 39.0 Å². The molecule has 1 saturated carbocycles. The lowest BCUT2D eigenvalue weighted by molar-refractivity contribution is -0.131. The minimum Gasteiger partial charge on any atom is -0.392 e. The van der Waals surface area contributed by atoms with Crippen LogP contribution in [0.25, 0.3) is 0 Å². The van der Waals surface area contributed by atoms with Gasteiger partial charge in [-0.2, -0.15) is 0 Å². The van der Waals surface area contributed by atoms with Crippen molar-refractivity contribution in [3.8, 4) is 0 Å². The molecular formula is C10H18O3. The number of aliphatic hydroxyl groups excluding tert-OH is 2. The molecule has 0 radical (unpaired) electrons. The maximum atomic E-state index is 11.0. The summed E-state index contributed by atoms with van der Waals surface area (Å²) < 4.78 is 0. The van der Waals surface area contributed by atoms with Crippen LogP contribution >= 0.6 is 0 Å². The fraction of sp³-hybridized carbons (Fsp3) is 0.900. The highest BCUT2D eigenvalue weighted by molar-refractivity contribution is 5.80. The molecule has 0 amide bonds. The van der Waals surface area contributed by atoms with E-state index in [0.717, 1.165) is 19.3 Å². The minimum atomic E-state index is -0.622. The molecule has 2 N–H and O–H groups in total. The first-order valence-electron chi connectivity index (χ1n) is 5.03. The summed E-state index contributed by atoms with van der Waals surface area (Å²) in [7, 11) is 0. The summed E-state index contributed by atoms with van der Waals surface area (Å²) in [6.07, 6.45) is 2.10. The number of rotatable bonds is 3. The van der Waals surface area contributed by atoms with Gasteiger partial charge in [0.25, 0.3) is 0 Å². The molecule has 13 heavy (non-hydrogen) atoms. The maximum absolute atomic E-state index is 11.0. The molecule has 1 aliphatic rings. The lowest BCUT2D eigenvalue weighted by Crippen LogP contribution is -2.40. The van der Waals surface area contributed by atoms with Gasteiger partial charge in [0.1, 0.15) is 5.78 Å². The van der Waals surface area contributed by atoms with Crippen LogP contribution in [0.2, 0.25) is 0 Å². The van der Waals surface area contributed by atoms with E-state index in [2.05, 4.69) is 6.92 Å². The molecule has 76 valence electrons. The summed E-state index contributed by atoms with van der Waals surface area (Å²) in [5.74, 6) is -0.106. The van der Waals surface area contributed by atoms with E-state index in [1.807, 2.05) is 0 Å². The van der Waals surface area contributed by atoms with Crippen LogP contribution in [0, 0.1) is 5.92 Å². The van der Waals surface area contributed by atoms with E-state index < -0.39 is 12.2 Å². The van der Waals surface area contributed by atoms with Gasteiger partial charge in [0.15, 0.2) is 0 Å². The van der Waals surface area contributed by atoms with Gasteiger partial charge < -0.3 is 10.2 Å². The normalized spacial score (nSPS) is 30.8. The zero-order chi connectivity index (χ0) is 9.84. The smallest absolute Gasteiger partial charge is 0.138 e. The van der Waals surface area contributed by atoms with Crippen molar-refractivity contribution < 1.29 is 15.0 Å². The van der Waals surface area contributed by atoms with E-state index in [9.17, 15) is 15.0 Å². The van der Waals surface area contributed by atoms with E-state index in [0.29, 0.717) is 0 Å². The Morgan fingerprint density at radius 2 is 1.85 bits per heavy atom. The third kappa shape index (κ3) is 2.78. The number of ketones is 1. The number of Topliss-reactive ketones (excluding diaryl/α,β-unsaturated/α-hetero) is 1. The van der Waals surface area contributed by atoms with Crippen LogP contribution in [0.5, 0.6) is 0 Å². The second kappa shape index (κ2) is 4.72. The van der Waals surface area contributed by atoms with Crippen molar-refractivity contribution in [1.82, 2.24) is 0 Å². The standard InChI is InChI=1S/C10H18O3/c1-2-3-4-8-9(12)5-7(11)6-10(8)13/h8-10,12-13H,2-6H2,1H3/t9-,10-/m1/s1. The van der Waals surface area contributed by atoms with Crippen LogP contribution in [0.4, 0.5) is 0 Å². The third-order valence-corrected chi connectivity index (χ3v) is 2.75. The molecule has 1 rings (SSSR count). The molecule has 0 unspecified atom stereocenters. The zero-order valence-electron chi connectivity index (χ0n) is 8.07. The van der Waals surface area contributed by atoms with Crippen LogP contribution in [0.15, 0.2) is 0 Å². The molecular weight excluding hydrogens is 168 g/mol. The second-order valence-corrected chi connectivity index (χ2v) is 3.89. The first-order chi connectivity index (χ1) is 6.15. The van der Waals surface area contributed by atoms with Crippen molar-refractivity contribution in [1.29, 1.82) is 0 Å². The number of hydrogen-bond acceptors (Lipinski definition) is 3. The predicted molar refractivity (Wildman–Crippen MR) is 49.3 cm³/mol. The zero-order valence-corrected chi connectivity index (χ0v) is 8.07. The topological polar surface area (TPSA) is 57.5 Å². The third-order valence-electron chi connectivity index (χ3n) is 2.75. The maximum Gasteiger partial charge on any atom is 0.138 e. The molecule has 0 aromatic carbocycles. The summed E-state index contributed by atoms with van der Waals surface area (Å²) in [5, 5.41) is 19.1. The fourth-order valence-electron chi connectivity index (χ4n) is 1.93. The number of carbonyl (C=O) groups excluding carboxylic acids is 1. The van der Waals surface area contributed by atoms with Crippen LogP contribution in [0.3, 0.4) is 0 Å². The average Bonchev–Trinajstić information content (AvgIpc) is 2.02. The van der Waals surface area contributed by atoms with Gasteiger partial charge in [-0.05, 0) is 6.42 Å². The molecule has 0 bridgehead atoms. The second-order valence-electron chi connectivity index (χ2n) is 3.89. The average molecular weight is 186 g/mol. The Bertz CT molecular complexity index is 165. The largest absolute Gasteiger partial charge is 0.392 e. The molecule has 0 aliphatic heterocycles. The number of aliphatic hydroxyl groups is 2. The monoisotopic (exact) mass is 186 g/mol. The van der Waals surface area contributed by atoms with Crippen molar-refractivity contribution in [2.24, 2.45) is 5.92 Å². The summed E-state index contributed by atoms with van der Waals surface area (Å²) in [6, 6.07) is 0. The molecule has 0 spiro atoms. The summed E-state index contributed by atoms with van der Waals surface area (Å²) in [4.78, 5) is 11.0. The molecule has 1 aliphatic carbocycles. The molecule has 3 nitrogen and oxygen atoms in total. The Hall–Kier alpha value is -0.410. The number of unbranched alkanes of at least 4 members (excludes halogenated alkanes) is 1. The van der Waals surface area contributed by atoms with Crippen molar-refractivity contribution in [2.45, 2.75) is 51.2 Å². The van der Waals surface area contributed by atoms with Gasteiger partial charge in [-0.25, -0.2) is 0 Å². The van der Waals surface area contributed by atoms with Crippen LogP contribution in [-0.4, -0.2) is 28.2 Å². The van der Waals surface area contributed by atoms with Gasteiger partial charge in [-0.15, -0.1) is 0 Å². The Labute approximate surface area is 78.8 Å². The van der Waals surface area contributed by atoms with Gasteiger partial charge in [-0.3, -0.25) is 4.79 Å². The Morgan fingerprint density at radius 1 is 1.31 bits per heavy atom. The first-order valence-corrected chi connectivity index (χ1v) is 5.03. The molecule has 3 heteroatoms. The number of carbonyl (C=O) groups is 1. The van der Waals surface area contributed by atoms with Crippen molar-refractivity contribution in [3.05, 3.63) is 0 Å². The Kier molecular flexibility index (Phi) is 3.88. The fourth-order valence-corrected chi connectivity index (χ4v) is 1.93. The van der Waals surface area contributed by atoms with Gasteiger partial charge >= 0.3 is 0 Å². The highest BCUT2D eigenvalue weighted by Gasteiger charge is 2.34. The molecule has 0 aromatic rings. The Balaban J connectivity index is 2.46. The van der Waals surface area contributed by atoms with Crippen molar-refractivity contribution in [2.75, 3.05) is 0 Å². The highest BCUT2D eigenvalue weighted by Crippen LogP contribution is 2.27. The molecule has 0 saturated heterocycles. The molecule has 1 fully saturated rings. The predicted octanol–water partition coefficient (Wildman–Crippen LogP) is 0.877. The molecule has 0 aromatic heterocycles. The lowest BCUT2D eigenvalue weighted by Gasteiger charge is -2.31. The van der Waals surface area contributed by atoms with Gasteiger partial charge in [0, 0.05) is 18.8 Å². The summed E-state index contributed by atoms with van der Waals surface area (Å²) >= 11 is 0. The Morgan fingerprint density at radius 3 is 2.31 bits per heavy atom. The van der Waals surface area contributed by atoms with Crippen LogP contribution < -0.4 is 0 Å². The lowest BCUT2D eigenvalue weighted by atomic mass is 9.80. The molecule has 0 heterocycles. The van der Waals surface area contributed by atoms with Gasteiger partial charge in [0.05, 0.1) is 12.2 Å².